The van der Waals surface area contributed by atoms with Gasteiger partial charge in [0, 0.05) is 19.8 Å². The molecule has 1 amide bonds. The topological polar surface area (TPSA) is 90.9 Å². The summed E-state index contributed by atoms with van der Waals surface area (Å²) >= 11 is 0. The van der Waals surface area contributed by atoms with Crippen molar-refractivity contribution in [1.82, 2.24) is 18.7 Å². The maximum atomic E-state index is 12.9. The Hall–Kier alpha value is -3.16. The van der Waals surface area contributed by atoms with Crippen molar-refractivity contribution in [2.24, 2.45) is 14.1 Å². The fourth-order valence-corrected chi connectivity index (χ4v) is 3.39. The highest BCUT2D eigenvalue weighted by atomic mass is 16.2. The summed E-state index contributed by atoms with van der Waals surface area (Å²) in [6, 6.07) is 3.33. The Morgan fingerprint density at radius 1 is 1.07 bits per heavy atom. The Morgan fingerprint density at radius 2 is 1.67 bits per heavy atom. The van der Waals surface area contributed by atoms with E-state index in [1.165, 1.54) is 22.5 Å². The van der Waals surface area contributed by atoms with Crippen LogP contribution < -0.4 is 16.6 Å². The molecule has 0 saturated heterocycles. The van der Waals surface area contributed by atoms with Gasteiger partial charge < -0.3 is 9.88 Å². The molecule has 0 fully saturated rings. The van der Waals surface area contributed by atoms with Gasteiger partial charge in [-0.3, -0.25) is 18.7 Å². The molecule has 3 rings (SSSR count). The van der Waals surface area contributed by atoms with Crippen LogP contribution in [0.3, 0.4) is 0 Å². The van der Waals surface area contributed by atoms with Crippen molar-refractivity contribution < 1.29 is 4.79 Å². The molecule has 0 unspecified atom stereocenters. The van der Waals surface area contributed by atoms with E-state index < -0.39 is 17.3 Å². The summed E-state index contributed by atoms with van der Waals surface area (Å²) in [7, 11) is 2.95. The molecule has 0 bridgehead atoms. The van der Waals surface area contributed by atoms with E-state index in [2.05, 4.69) is 10.3 Å². The zero-order chi connectivity index (χ0) is 20.0. The van der Waals surface area contributed by atoms with Crippen LogP contribution in [0.15, 0.2) is 28.0 Å². The van der Waals surface area contributed by atoms with Gasteiger partial charge in [0.1, 0.15) is 6.04 Å². The third kappa shape index (κ3) is 2.97. The quantitative estimate of drug-likeness (QED) is 0.758. The van der Waals surface area contributed by atoms with E-state index in [0.717, 1.165) is 26.9 Å². The van der Waals surface area contributed by atoms with Crippen molar-refractivity contribution in [3.8, 4) is 0 Å². The molecule has 8 nitrogen and oxygen atoms in total. The van der Waals surface area contributed by atoms with Gasteiger partial charge in [0.15, 0.2) is 11.2 Å². The number of amides is 1. The van der Waals surface area contributed by atoms with Crippen LogP contribution in [-0.4, -0.2) is 24.6 Å². The van der Waals surface area contributed by atoms with Gasteiger partial charge in [0.2, 0.25) is 5.91 Å². The summed E-state index contributed by atoms with van der Waals surface area (Å²) in [4.78, 5) is 41.7. The minimum atomic E-state index is -0.680. The average molecular weight is 369 g/mol. The predicted molar refractivity (Wildman–Crippen MR) is 104 cm³/mol. The standard InChI is InChI=1S/C19H23N5O3/c1-10-7-11(2)14(12(3)8-10)21-17(25)13(4)24-9-20-16-15(24)18(26)23(6)19(27)22(16)5/h7-9,13H,1-6H3,(H,21,25)/t13-/m0/s1. The minimum Gasteiger partial charge on any atom is -0.324 e. The van der Waals surface area contributed by atoms with Gasteiger partial charge in [-0.05, 0) is 38.8 Å². The van der Waals surface area contributed by atoms with E-state index in [1.807, 2.05) is 32.9 Å². The maximum Gasteiger partial charge on any atom is 0.332 e. The van der Waals surface area contributed by atoms with E-state index in [0.29, 0.717) is 0 Å². The van der Waals surface area contributed by atoms with Gasteiger partial charge in [-0.15, -0.1) is 0 Å². The molecule has 0 aliphatic heterocycles. The molecule has 142 valence electrons. The van der Waals surface area contributed by atoms with E-state index in [9.17, 15) is 14.4 Å². The van der Waals surface area contributed by atoms with Gasteiger partial charge in [0.05, 0.1) is 6.33 Å². The molecular weight excluding hydrogens is 346 g/mol. The molecule has 1 aromatic carbocycles. The Balaban J connectivity index is 2.04. The highest BCUT2D eigenvalue weighted by Crippen LogP contribution is 2.23. The molecule has 0 saturated carbocycles. The van der Waals surface area contributed by atoms with Crippen LogP contribution >= 0.6 is 0 Å². The second-order valence-electron chi connectivity index (χ2n) is 6.97. The van der Waals surface area contributed by atoms with Crippen molar-refractivity contribution in [1.29, 1.82) is 0 Å². The van der Waals surface area contributed by atoms with Crippen LogP contribution in [0.4, 0.5) is 5.69 Å². The van der Waals surface area contributed by atoms with Gasteiger partial charge in [0.25, 0.3) is 5.56 Å². The molecule has 0 radical (unpaired) electrons. The van der Waals surface area contributed by atoms with Crippen LogP contribution in [0.25, 0.3) is 11.2 Å². The largest absolute Gasteiger partial charge is 0.332 e. The lowest BCUT2D eigenvalue weighted by Crippen LogP contribution is -2.38. The summed E-state index contributed by atoms with van der Waals surface area (Å²) in [5, 5.41) is 2.95. The lowest BCUT2D eigenvalue weighted by molar-refractivity contribution is -0.118. The number of benzene rings is 1. The molecule has 8 heteroatoms. The van der Waals surface area contributed by atoms with Crippen molar-refractivity contribution >= 4 is 22.8 Å². The Morgan fingerprint density at radius 3 is 2.26 bits per heavy atom. The second kappa shape index (κ2) is 6.53. The number of nitrogens with zero attached hydrogens (tertiary/aromatic N) is 4. The highest BCUT2D eigenvalue weighted by Gasteiger charge is 2.22. The monoisotopic (exact) mass is 369 g/mol. The number of imidazole rings is 1. The van der Waals surface area contributed by atoms with E-state index in [1.54, 1.807) is 14.0 Å². The number of hydrogen-bond acceptors (Lipinski definition) is 4. The molecule has 0 aliphatic carbocycles. The van der Waals surface area contributed by atoms with Crippen molar-refractivity contribution in [2.45, 2.75) is 33.7 Å². The van der Waals surface area contributed by atoms with Gasteiger partial charge in [-0.2, -0.15) is 0 Å². The van der Waals surface area contributed by atoms with E-state index >= 15 is 0 Å². The summed E-state index contributed by atoms with van der Waals surface area (Å²) in [6.07, 6.45) is 1.42. The third-order valence-corrected chi connectivity index (χ3v) is 4.90. The lowest BCUT2D eigenvalue weighted by atomic mass is 10.0. The zero-order valence-electron chi connectivity index (χ0n) is 16.3. The summed E-state index contributed by atoms with van der Waals surface area (Å²) in [5.41, 5.74) is 3.38. The van der Waals surface area contributed by atoms with Gasteiger partial charge in [-0.25, -0.2) is 9.78 Å². The fourth-order valence-electron chi connectivity index (χ4n) is 3.39. The van der Waals surface area contributed by atoms with Crippen LogP contribution in [0, 0.1) is 20.8 Å². The zero-order valence-corrected chi connectivity index (χ0v) is 16.3. The molecule has 0 spiro atoms. The SMILES string of the molecule is Cc1cc(C)c(NC(=O)[C@H](C)n2cnc3c2c(=O)n(C)c(=O)n3C)c(C)c1. The summed E-state index contributed by atoms with van der Waals surface area (Å²) < 4.78 is 3.82. The third-order valence-electron chi connectivity index (χ3n) is 4.90. The first-order chi connectivity index (χ1) is 12.6. The molecule has 2 heterocycles. The van der Waals surface area contributed by atoms with E-state index in [4.69, 9.17) is 0 Å². The first-order valence-corrected chi connectivity index (χ1v) is 8.64. The molecule has 3 aromatic rings. The maximum absolute atomic E-state index is 12.9. The molecule has 1 N–H and O–H groups in total. The van der Waals surface area contributed by atoms with Gasteiger partial charge in [-0.1, -0.05) is 17.7 Å². The lowest BCUT2D eigenvalue weighted by Gasteiger charge is -2.18. The number of carbonyl (C=O) groups is 1. The van der Waals surface area contributed by atoms with E-state index in [-0.39, 0.29) is 17.1 Å². The fraction of sp³-hybridized carbons (Fsp3) is 0.368. The van der Waals surface area contributed by atoms with Gasteiger partial charge >= 0.3 is 5.69 Å². The number of fused-ring (bicyclic) bond motifs is 1. The second-order valence-corrected chi connectivity index (χ2v) is 6.97. The Kier molecular flexibility index (Phi) is 4.51. The Bertz CT molecular complexity index is 1160. The summed E-state index contributed by atoms with van der Waals surface area (Å²) in [6.45, 7) is 7.59. The number of anilines is 1. The number of rotatable bonds is 3. The first-order valence-electron chi connectivity index (χ1n) is 8.64. The number of hydrogen-bond donors (Lipinski definition) is 1. The number of carbonyl (C=O) groups excluding carboxylic acids is 1. The van der Waals surface area contributed by atoms with Crippen molar-refractivity contribution in [3.63, 3.8) is 0 Å². The summed E-state index contributed by atoms with van der Waals surface area (Å²) in [5.74, 6) is -0.264. The first kappa shape index (κ1) is 18.6. The number of nitrogens with one attached hydrogen (secondary N) is 1. The minimum absolute atomic E-state index is 0.222. The molecular formula is C19H23N5O3. The molecule has 27 heavy (non-hydrogen) atoms. The Labute approximate surface area is 156 Å². The van der Waals surface area contributed by atoms with Crippen LogP contribution in [-0.2, 0) is 18.9 Å². The van der Waals surface area contributed by atoms with Crippen molar-refractivity contribution in [2.75, 3.05) is 5.32 Å². The predicted octanol–water partition coefficient (Wildman–Crippen LogP) is 1.56. The van der Waals surface area contributed by atoms with Crippen LogP contribution in [0.5, 0.6) is 0 Å². The number of aryl methyl sites for hydroxylation is 4. The van der Waals surface area contributed by atoms with Crippen molar-refractivity contribution in [3.05, 3.63) is 56.0 Å². The molecule has 1 atom stereocenters. The average Bonchev–Trinajstić information content (AvgIpc) is 3.05. The van der Waals surface area contributed by atoms with Crippen LogP contribution in [0.1, 0.15) is 29.7 Å². The molecule has 0 aliphatic rings. The van der Waals surface area contributed by atoms with Crippen LogP contribution in [0.2, 0.25) is 0 Å². The highest BCUT2D eigenvalue weighted by molar-refractivity contribution is 5.95. The normalized spacial score (nSPS) is 12.4. The molecule has 2 aromatic heterocycles. The smallest absolute Gasteiger partial charge is 0.324 e. The number of aromatic nitrogens is 4.